The summed E-state index contributed by atoms with van der Waals surface area (Å²) in [6, 6.07) is 5.67. The molecule has 0 saturated carbocycles. The van der Waals surface area contributed by atoms with E-state index in [1.807, 2.05) is 25.1 Å². The molecule has 0 spiro atoms. The fourth-order valence-corrected chi connectivity index (χ4v) is 6.52. The SMILES string of the molecule is CCCN(OCCNC(=O)OCCOCCOCCOCCOCCOCCOCCOCCOCCOCCOCCNC(O)CN1C(=O)C=CC1=O)C(=O)C1=Cc2ccc(-c3cncnc3)cc2N=C(N)C1. The van der Waals surface area contributed by atoms with Gasteiger partial charge in [-0.3, -0.25) is 29.4 Å². The minimum Gasteiger partial charge on any atom is -0.447 e. The number of alkyl carbamates (subject to hydrolysis) is 1. The number of amidine groups is 1. The van der Waals surface area contributed by atoms with Gasteiger partial charge in [-0.2, -0.15) is 0 Å². The number of carbonyl (C=O) groups is 4. The Labute approximate surface area is 431 Å². The van der Waals surface area contributed by atoms with E-state index in [1.165, 1.54) is 23.5 Å². The van der Waals surface area contributed by atoms with Crippen LogP contribution < -0.4 is 16.4 Å². The van der Waals surface area contributed by atoms with Crippen LogP contribution in [-0.2, 0) is 71.3 Å². The summed E-state index contributed by atoms with van der Waals surface area (Å²) in [5, 5.41) is 16.6. The van der Waals surface area contributed by atoms with Crippen molar-refractivity contribution in [1.29, 1.82) is 0 Å². The molecule has 2 aromatic rings. The van der Waals surface area contributed by atoms with Gasteiger partial charge in [0.05, 0.1) is 151 Å². The van der Waals surface area contributed by atoms with Gasteiger partial charge in [-0.05, 0) is 24.1 Å². The number of aliphatic hydroxyl groups is 1. The smallest absolute Gasteiger partial charge is 0.407 e. The van der Waals surface area contributed by atoms with Gasteiger partial charge in [-0.25, -0.2) is 24.8 Å². The maximum Gasteiger partial charge on any atom is 0.407 e. The van der Waals surface area contributed by atoms with Crippen molar-refractivity contribution < 1.29 is 81.2 Å². The van der Waals surface area contributed by atoms with Gasteiger partial charge in [0.15, 0.2) is 0 Å². The van der Waals surface area contributed by atoms with Crippen molar-refractivity contribution in [2.24, 2.45) is 10.7 Å². The highest BCUT2D eigenvalue weighted by Gasteiger charge is 2.26. The fraction of sp³-hybridized carbons (Fsp3) is 0.612. The minimum absolute atomic E-state index is 0.0427. The van der Waals surface area contributed by atoms with Crippen molar-refractivity contribution in [3.8, 4) is 11.1 Å². The molecule has 0 bridgehead atoms. The normalized spacial score (nSPS) is 13.7. The molecule has 412 valence electrons. The molecule has 1 atom stereocenters. The number of hydrogen-bond donors (Lipinski definition) is 4. The lowest BCUT2D eigenvalue weighted by Crippen LogP contribution is -2.44. The number of aromatic nitrogens is 2. The standard InChI is InChI=1S/C49H74N8O17/c1-2-9-57(48(61)41-32-40-4-3-39(42-35-51-38-52-36-42)33-43(40)55-44(50)34-41)74-11-8-54-49(62)73-31-30-72-29-28-71-27-26-70-25-24-69-23-22-68-21-20-67-19-18-66-17-16-65-15-14-64-13-12-63-10-7-53-45(58)37-56-46(59)5-6-47(56)60/h3-6,32-33,35-36,38,45,53,58H,2,7-31,34,37H2,1H3,(H2,50,55)(H,54,62). The van der Waals surface area contributed by atoms with Crippen LogP contribution in [0.3, 0.4) is 0 Å². The Morgan fingerprint density at radius 3 is 1.66 bits per heavy atom. The molecule has 25 heteroatoms. The van der Waals surface area contributed by atoms with E-state index in [9.17, 15) is 24.3 Å². The number of nitrogens with zero attached hydrogens (tertiary/aromatic N) is 5. The van der Waals surface area contributed by atoms with Gasteiger partial charge in [0.2, 0.25) is 0 Å². The Balaban J connectivity index is 0.825. The summed E-state index contributed by atoms with van der Waals surface area (Å²) in [6.45, 7) is 10.7. The van der Waals surface area contributed by atoms with Crippen molar-refractivity contribution in [1.82, 2.24) is 30.6 Å². The molecule has 1 aromatic heterocycles. The van der Waals surface area contributed by atoms with Crippen LogP contribution >= 0.6 is 0 Å². The average Bonchev–Trinajstić information content (AvgIpc) is 3.60. The number of aliphatic hydroxyl groups excluding tert-OH is 1. The molecule has 5 N–H and O–H groups in total. The predicted molar refractivity (Wildman–Crippen MR) is 267 cm³/mol. The summed E-state index contributed by atoms with van der Waals surface area (Å²) in [5.41, 5.74) is 9.74. The number of fused-ring (bicyclic) bond motifs is 1. The monoisotopic (exact) mass is 1050 g/mol. The van der Waals surface area contributed by atoms with Crippen LogP contribution in [0.1, 0.15) is 25.3 Å². The molecule has 25 nitrogen and oxygen atoms in total. The Hall–Kier alpha value is -5.39. The highest BCUT2D eigenvalue weighted by molar-refractivity contribution is 6.12. The van der Waals surface area contributed by atoms with Crippen molar-refractivity contribution in [2.75, 3.05) is 172 Å². The van der Waals surface area contributed by atoms with E-state index in [0.29, 0.717) is 162 Å². The van der Waals surface area contributed by atoms with Crippen LogP contribution in [0, 0.1) is 0 Å². The zero-order valence-electron chi connectivity index (χ0n) is 42.4. The number of benzene rings is 1. The first-order chi connectivity index (χ1) is 36.2. The van der Waals surface area contributed by atoms with Crippen molar-refractivity contribution in [3.05, 3.63) is 60.2 Å². The Morgan fingerprint density at radius 2 is 1.16 bits per heavy atom. The second kappa shape index (κ2) is 39.1. The lowest BCUT2D eigenvalue weighted by atomic mass is 10.0. The number of hydroxylamine groups is 2. The molecule has 3 heterocycles. The quantitative estimate of drug-likeness (QED) is 0.0309. The molecular formula is C49H74N8O17. The third-order valence-electron chi connectivity index (χ3n) is 10.1. The van der Waals surface area contributed by atoms with Crippen molar-refractivity contribution >= 4 is 41.4 Å². The Bertz CT molecular complexity index is 1980. The largest absolute Gasteiger partial charge is 0.447 e. The molecule has 0 aliphatic carbocycles. The number of rotatable bonds is 44. The second-order valence-electron chi connectivity index (χ2n) is 15.9. The van der Waals surface area contributed by atoms with Crippen molar-refractivity contribution in [2.45, 2.75) is 26.0 Å². The maximum absolute atomic E-state index is 13.5. The van der Waals surface area contributed by atoms with Crippen LogP contribution in [0.15, 0.2) is 59.6 Å². The average molecular weight is 1050 g/mol. The number of nitrogens with two attached hydrogens (primary N) is 1. The van der Waals surface area contributed by atoms with E-state index in [0.717, 1.165) is 21.6 Å². The number of imide groups is 1. The van der Waals surface area contributed by atoms with Gasteiger partial charge in [-0.1, -0.05) is 19.1 Å². The number of ether oxygens (including phenoxy) is 11. The topological polar surface area (TPSA) is 294 Å². The Morgan fingerprint density at radius 1 is 0.676 bits per heavy atom. The fourth-order valence-electron chi connectivity index (χ4n) is 6.52. The van der Waals surface area contributed by atoms with Gasteiger partial charge in [0, 0.05) is 67.3 Å². The van der Waals surface area contributed by atoms with E-state index in [-0.39, 0.29) is 45.2 Å². The first-order valence-corrected chi connectivity index (χ1v) is 24.8. The lowest BCUT2D eigenvalue weighted by Gasteiger charge is -2.22. The van der Waals surface area contributed by atoms with E-state index >= 15 is 0 Å². The van der Waals surface area contributed by atoms with E-state index in [2.05, 4.69) is 25.6 Å². The lowest BCUT2D eigenvalue weighted by molar-refractivity contribution is -0.181. The number of aliphatic imine (C=N–C) groups is 1. The number of nitrogens with one attached hydrogen (secondary N) is 2. The highest BCUT2D eigenvalue weighted by Crippen LogP contribution is 2.31. The number of carbonyl (C=O) groups excluding carboxylic acids is 4. The summed E-state index contributed by atoms with van der Waals surface area (Å²) < 4.78 is 59.9. The van der Waals surface area contributed by atoms with Crippen LogP contribution in [0.25, 0.3) is 17.2 Å². The van der Waals surface area contributed by atoms with Gasteiger partial charge in [0.1, 0.15) is 25.0 Å². The molecular weight excluding hydrogens is 973 g/mol. The molecule has 74 heavy (non-hydrogen) atoms. The molecule has 4 amide bonds. The summed E-state index contributed by atoms with van der Waals surface area (Å²) in [6.07, 6.45) is 8.14. The van der Waals surface area contributed by atoms with Gasteiger partial charge >= 0.3 is 6.09 Å². The summed E-state index contributed by atoms with van der Waals surface area (Å²) in [4.78, 5) is 68.1. The molecule has 1 aromatic carbocycles. The number of β-amino-alcohol motifs (C(OH)–C–C–N with tert-alkyl or cyclic N) is 1. The van der Waals surface area contributed by atoms with E-state index in [4.69, 9.17) is 62.7 Å². The van der Waals surface area contributed by atoms with Gasteiger partial charge in [0.25, 0.3) is 17.7 Å². The van der Waals surface area contributed by atoms with Crippen molar-refractivity contribution in [3.63, 3.8) is 0 Å². The third kappa shape index (κ3) is 26.7. The van der Waals surface area contributed by atoms with Crippen LogP contribution in [0.4, 0.5) is 10.5 Å². The number of amides is 4. The summed E-state index contributed by atoms with van der Waals surface area (Å²) in [5.74, 6) is -0.920. The molecule has 4 rings (SSSR count). The zero-order chi connectivity index (χ0) is 52.7. The first kappa shape index (κ1) is 61.2. The Kier molecular flexibility index (Phi) is 32.3. The van der Waals surface area contributed by atoms with Crippen LogP contribution in [0.5, 0.6) is 0 Å². The van der Waals surface area contributed by atoms with Crippen LogP contribution in [-0.4, -0.2) is 232 Å². The molecule has 0 radical (unpaired) electrons. The minimum atomic E-state index is -1.03. The molecule has 2 aliphatic heterocycles. The van der Waals surface area contributed by atoms with Crippen LogP contribution in [0.2, 0.25) is 0 Å². The molecule has 2 aliphatic rings. The second-order valence-corrected chi connectivity index (χ2v) is 15.9. The van der Waals surface area contributed by atoms with E-state index in [1.54, 1.807) is 18.5 Å². The third-order valence-corrected chi connectivity index (χ3v) is 10.1. The zero-order valence-corrected chi connectivity index (χ0v) is 42.4. The van der Waals surface area contributed by atoms with Gasteiger partial charge in [-0.15, -0.1) is 0 Å². The van der Waals surface area contributed by atoms with E-state index < -0.39 is 24.1 Å². The van der Waals surface area contributed by atoms with Gasteiger partial charge < -0.3 is 68.3 Å². The highest BCUT2D eigenvalue weighted by atomic mass is 16.7. The first-order valence-electron chi connectivity index (χ1n) is 24.8. The molecule has 0 saturated heterocycles. The molecule has 1 unspecified atom stereocenters. The molecule has 0 fully saturated rings. The summed E-state index contributed by atoms with van der Waals surface area (Å²) >= 11 is 0. The maximum atomic E-state index is 13.5. The summed E-state index contributed by atoms with van der Waals surface area (Å²) in [7, 11) is 0. The number of hydrogen-bond acceptors (Lipinski definition) is 22. The predicted octanol–water partition coefficient (Wildman–Crippen LogP) is 0.815.